The molecule has 1 fully saturated rings. The van der Waals surface area contributed by atoms with Gasteiger partial charge in [-0.15, -0.1) is 0 Å². The fourth-order valence-electron chi connectivity index (χ4n) is 1.99. The summed E-state index contributed by atoms with van der Waals surface area (Å²) in [4.78, 5) is 23.9. The lowest BCUT2D eigenvalue weighted by molar-refractivity contribution is -0.141. The van der Waals surface area contributed by atoms with Crippen molar-refractivity contribution in [3.63, 3.8) is 0 Å². The van der Waals surface area contributed by atoms with Crippen LogP contribution in [0.5, 0.6) is 0 Å². The highest BCUT2D eigenvalue weighted by Gasteiger charge is 2.36. The topological polar surface area (TPSA) is 77.8 Å². The molecule has 5 heteroatoms. The summed E-state index contributed by atoms with van der Waals surface area (Å²) in [6.07, 6.45) is 0.707. The van der Waals surface area contributed by atoms with E-state index < -0.39 is 11.9 Å². The van der Waals surface area contributed by atoms with Crippen LogP contribution >= 0.6 is 0 Å². The Balaban J connectivity index is 2.56. The van der Waals surface area contributed by atoms with Crippen LogP contribution in [0.25, 0.3) is 0 Å². The molecule has 1 atom stereocenters. The Morgan fingerprint density at radius 3 is 2.62 bits per heavy atom. The van der Waals surface area contributed by atoms with Crippen molar-refractivity contribution in [2.24, 2.45) is 11.3 Å². The van der Waals surface area contributed by atoms with Crippen molar-refractivity contribution in [2.75, 3.05) is 19.7 Å². The molecule has 1 heterocycles. The standard InChI is InChI=1S/C11H19NO4/c1-11(2,3-4-13)7-12-6-8(10(15)16)5-9(12)14/h8,13H,3-7H2,1-2H3,(H,15,16). The second kappa shape index (κ2) is 4.82. The van der Waals surface area contributed by atoms with Crippen LogP contribution in [0.4, 0.5) is 0 Å². The number of likely N-dealkylation sites (tertiary alicyclic amines) is 1. The van der Waals surface area contributed by atoms with Gasteiger partial charge in [0.1, 0.15) is 0 Å². The number of amides is 1. The van der Waals surface area contributed by atoms with Crippen molar-refractivity contribution in [3.8, 4) is 0 Å². The number of aliphatic hydroxyl groups is 1. The number of carbonyl (C=O) groups is 2. The van der Waals surface area contributed by atoms with E-state index in [1.807, 2.05) is 13.8 Å². The molecular weight excluding hydrogens is 210 g/mol. The van der Waals surface area contributed by atoms with Gasteiger partial charge in [0, 0.05) is 26.1 Å². The van der Waals surface area contributed by atoms with E-state index >= 15 is 0 Å². The minimum Gasteiger partial charge on any atom is -0.481 e. The summed E-state index contributed by atoms with van der Waals surface area (Å²) in [5.74, 6) is -1.58. The molecule has 5 nitrogen and oxygen atoms in total. The first kappa shape index (κ1) is 13.0. The first-order valence-corrected chi connectivity index (χ1v) is 5.47. The van der Waals surface area contributed by atoms with Crippen LogP contribution < -0.4 is 0 Å². The predicted molar refractivity (Wildman–Crippen MR) is 57.8 cm³/mol. The molecule has 1 aliphatic rings. The lowest BCUT2D eigenvalue weighted by Crippen LogP contribution is -2.36. The van der Waals surface area contributed by atoms with Crippen molar-refractivity contribution in [2.45, 2.75) is 26.7 Å². The monoisotopic (exact) mass is 229 g/mol. The first-order chi connectivity index (χ1) is 7.35. The zero-order chi connectivity index (χ0) is 12.3. The number of aliphatic carboxylic acids is 1. The van der Waals surface area contributed by atoms with Gasteiger partial charge in [-0.25, -0.2) is 0 Å². The van der Waals surface area contributed by atoms with Gasteiger partial charge < -0.3 is 15.1 Å². The Morgan fingerprint density at radius 1 is 1.56 bits per heavy atom. The number of nitrogens with zero attached hydrogens (tertiary/aromatic N) is 1. The Hall–Kier alpha value is -1.10. The quantitative estimate of drug-likeness (QED) is 0.712. The largest absolute Gasteiger partial charge is 0.481 e. The second-order valence-electron chi connectivity index (χ2n) is 5.15. The second-order valence-corrected chi connectivity index (χ2v) is 5.15. The third-order valence-electron chi connectivity index (χ3n) is 2.97. The molecule has 1 amide bonds. The van der Waals surface area contributed by atoms with E-state index in [-0.39, 0.29) is 24.3 Å². The number of hydrogen-bond donors (Lipinski definition) is 2. The number of carbonyl (C=O) groups excluding carboxylic acids is 1. The molecule has 1 saturated heterocycles. The van der Waals surface area contributed by atoms with Crippen LogP contribution in [-0.4, -0.2) is 46.7 Å². The normalized spacial score (nSPS) is 21.6. The van der Waals surface area contributed by atoms with E-state index in [9.17, 15) is 9.59 Å². The van der Waals surface area contributed by atoms with Crippen LogP contribution in [-0.2, 0) is 9.59 Å². The molecule has 0 aromatic rings. The summed E-state index contributed by atoms with van der Waals surface area (Å²) in [6.45, 7) is 4.81. The minimum absolute atomic E-state index is 0.0807. The van der Waals surface area contributed by atoms with Gasteiger partial charge in [0.25, 0.3) is 0 Å². The average molecular weight is 229 g/mol. The highest BCUT2D eigenvalue weighted by Crippen LogP contribution is 2.26. The zero-order valence-electron chi connectivity index (χ0n) is 9.77. The summed E-state index contributed by atoms with van der Waals surface area (Å²) >= 11 is 0. The van der Waals surface area contributed by atoms with E-state index in [2.05, 4.69) is 0 Å². The number of carboxylic acid groups (broad SMARTS) is 1. The van der Waals surface area contributed by atoms with E-state index in [0.29, 0.717) is 19.5 Å². The molecule has 0 saturated carbocycles. The van der Waals surface area contributed by atoms with Crippen LogP contribution in [0.15, 0.2) is 0 Å². The lowest BCUT2D eigenvalue weighted by Gasteiger charge is -2.29. The van der Waals surface area contributed by atoms with Gasteiger partial charge in [0.15, 0.2) is 0 Å². The summed E-state index contributed by atoms with van der Waals surface area (Å²) in [5.41, 5.74) is -0.169. The molecule has 0 radical (unpaired) electrons. The minimum atomic E-state index is -0.907. The van der Waals surface area contributed by atoms with Crippen molar-refractivity contribution in [3.05, 3.63) is 0 Å². The van der Waals surface area contributed by atoms with E-state index in [1.54, 1.807) is 4.90 Å². The van der Waals surface area contributed by atoms with Crippen LogP contribution in [0.1, 0.15) is 26.7 Å². The van der Waals surface area contributed by atoms with E-state index in [4.69, 9.17) is 10.2 Å². The Morgan fingerprint density at radius 2 is 2.19 bits per heavy atom. The zero-order valence-corrected chi connectivity index (χ0v) is 9.77. The van der Waals surface area contributed by atoms with Gasteiger partial charge >= 0.3 is 5.97 Å². The van der Waals surface area contributed by atoms with Crippen molar-refractivity contribution in [1.82, 2.24) is 4.90 Å². The molecule has 1 unspecified atom stereocenters. The number of hydrogen-bond acceptors (Lipinski definition) is 3. The molecule has 16 heavy (non-hydrogen) atoms. The average Bonchev–Trinajstić information content (AvgIpc) is 2.47. The van der Waals surface area contributed by atoms with Crippen molar-refractivity contribution >= 4 is 11.9 Å². The van der Waals surface area contributed by atoms with Crippen LogP contribution in [0.2, 0.25) is 0 Å². The highest BCUT2D eigenvalue weighted by atomic mass is 16.4. The SMILES string of the molecule is CC(C)(CCO)CN1CC(C(=O)O)CC1=O. The molecule has 2 N–H and O–H groups in total. The number of aliphatic hydroxyl groups excluding tert-OH is 1. The Kier molecular flexibility index (Phi) is 3.91. The fraction of sp³-hybridized carbons (Fsp3) is 0.818. The van der Waals surface area contributed by atoms with Crippen LogP contribution in [0, 0.1) is 11.3 Å². The van der Waals surface area contributed by atoms with Gasteiger partial charge in [-0.05, 0) is 11.8 Å². The third-order valence-corrected chi connectivity index (χ3v) is 2.97. The summed E-state index contributed by atoms with van der Waals surface area (Å²) < 4.78 is 0. The van der Waals surface area contributed by atoms with Crippen molar-refractivity contribution < 1.29 is 19.8 Å². The van der Waals surface area contributed by atoms with Gasteiger partial charge in [-0.2, -0.15) is 0 Å². The summed E-state index contributed by atoms with van der Waals surface area (Å²) in [6, 6.07) is 0. The molecule has 0 aliphatic carbocycles. The maximum atomic E-state index is 11.6. The summed E-state index contributed by atoms with van der Waals surface area (Å²) in [5, 5.41) is 17.7. The summed E-state index contributed by atoms with van der Waals surface area (Å²) in [7, 11) is 0. The first-order valence-electron chi connectivity index (χ1n) is 5.47. The molecule has 0 aromatic carbocycles. The third kappa shape index (κ3) is 3.20. The molecule has 1 rings (SSSR count). The van der Waals surface area contributed by atoms with Gasteiger partial charge in [0.05, 0.1) is 5.92 Å². The Labute approximate surface area is 95.1 Å². The van der Waals surface area contributed by atoms with Crippen LogP contribution in [0.3, 0.4) is 0 Å². The number of rotatable bonds is 5. The maximum Gasteiger partial charge on any atom is 0.308 e. The van der Waals surface area contributed by atoms with Gasteiger partial charge in [-0.1, -0.05) is 13.8 Å². The lowest BCUT2D eigenvalue weighted by atomic mass is 9.89. The van der Waals surface area contributed by atoms with E-state index in [1.165, 1.54) is 0 Å². The molecule has 0 aromatic heterocycles. The number of carboxylic acids is 1. The fourth-order valence-corrected chi connectivity index (χ4v) is 1.99. The van der Waals surface area contributed by atoms with Gasteiger partial charge in [0.2, 0.25) is 5.91 Å². The molecule has 1 aliphatic heterocycles. The molecule has 0 spiro atoms. The van der Waals surface area contributed by atoms with Crippen molar-refractivity contribution in [1.29, 1.82) is 0 Å². The highest BCUT2D eigenvalue weighted by molar-refractivity contribution is 5.86. The smallest absolute Gasteiger partial charge is 0.308 e. The predicted octanol–water partition coefficient (Wildman–Crippen LogP) is 0.328. The molecule has 0 bridgehead atoms. The Bertz CT molecular complexity index is 288. The molecule has 92 valence electrons. The molecular formula is C11H19NO4. The maximum absolute atomic E-state index is 11.6. The van der Waals surface area contributed by atoms with E-state index in [0.717, 1.165) is 0 Å². The van der Waals surface area contributed by atoms with Gasteiger partial charge in [-0.3, -0.25) is 9.59 Å².